The van der Waals surface area contributed by atoms with Crippen LogP contribution in [0.3, 0.4) is 0 Å². The Morgan fingerprint density at radius 1 is 0.690 bits per heavy atom. The summed E-state index contributed by atoms with van der Waals surface area (Å²) in [5.74, 6) is 0.256. The Kier molecular flexibility index (Phi) is 19.3. The SMILES string of the molecule is C.CC(C)c1sc(Br)nc1-c1ccc(Cl)c(Cl)c1.COC(=O)c1cc(Br)cnc1N.COC(=O)c1cc(Br)cnc1Nc1nc(-c2ccc(Cl)c(Cl)c2)c(C(C)C)s1. The first-order valence-corrected chi connectivity index (χ1v) is 22.0. The second-order valence-electron chi connectivity index (χ2n) is 12.2. The molecule has 0 unspecified atom stereocenters. The zero-order valence-corrected chi connectivity index (χ0v) is 40.3. The molecule has 0 saturated carbocycles. The van der Waals surface area contributed by atoms with Crippen LogP contribution in [0.4, 0.5) is 16.8 Å². The summed E-state index contributed by atoms with van der Waals surface area (Å²) in [4.78, 5) is 42.7. The van der Waals surface area contributed by atoms with Crippen LogP contribution in [0.2, 0.25) is 20.1 Å². The van der Waals surface area contributed by atoms with Crippen molar-refractivity contribution >= 4 is 146 Å². The number of halogens is 7. The molecule has 6 rings (SSSR count). The fourth-order valence-corrected chi connectivity index (χ4v) is 8.56. The second kappa shape index (κ2) is 22.7. The summed E-state index contributed by atoms with van der Waals surface area (Å²) < 4.78 is 11.6. The minimum absolute atomic E-state index is 0. The van der Waals surface area contributed by atoms with E-state index in [1.807, 2.05) is 18.2 Å². The van der Waals surface area contributed by atoms with E-state index in [4.69, 9.17) is 61.9 Å². The normalized spacial score (nSPS) is 10.5. The summed E-state index contributed by atoms with van der Waals surface area (Å²) in [5.41, 5.74) is 9.70. The number of thiazole rings is 2. The lowest BCUT2D eigenvalue weighted by Crippen LogP contribution is -2.07. The van der Waals surface area contributed by atoms with Gasteiger partial charge in [0.05, 0.1) is 45.7 Å². The highest BCUT2D eigenvalue weighted by Crippen LogP contribution is 2.40. The highest BCUT2D eigenvalue weighted by Gasteiger charge is 2.20. The topological polar surface area (TPSA) is 142 Å². The van der Waals surface area contributed by atoms with Gasteiger partial charge in [0.1, 0.15) is 22.8 Å². The Morgan fingerprint density at radius 3 is 1.66 bits per heavy atom. The third kappa shape index (κ3) is 13.1. The van der Waals surface area contributed by atoms with Crippen molar-refractivity contribution in [2.75, 3.05) is 25.3 Å². The predicted octanol–water partition coefficient (Wildman–Crippen LogP) is 14.8. The molecule has 4 aromatic heterocycles. The van der Waals surface area contributed by atoms with Gasteiger partial charge >= 0.3 is 11.9 Å². The number of nitrogens with one attached hydrogen (secondary N) is 1. The molecule has 0 bridgehead atoms. The van der Waals surface area contributed by atoms with Gasteiger partial charge in [-0.25, -0.2) is 29.5 Å². The fourth-order valence-electron chi connectivity index (χ4n) is 4.80. The van der Waals surface area contributed by atoms with Crippen LogP contribution in [0.1, 0.15) is 77.4 Å². The molecule has 308 valence electrons. The maximum atomic E-state index is 12.1. The molecule has 0 aliphatic heterocycles. The molecule has 0 fully saturated rings. The first-order valence-electron chi connectivity index (χ1n) is 16.5. The molecule has 0 saturated heterocycles. The van der Waals surface area contributed by atoms with E-state index in [2.05, 4.69) is 100 Å². The van der Waals surface area contributed by atoms with Gasteiger partial charge in [-0.05, 0) is 96.0 Å². The maximum absolute atomic E-state index is 12.1. The van der Waals surface area contributed by atoms with Gasteiger partial charge in [0.2, 0.25) is 0 Å². The zero-order valence-electron chi connectivity index (χ0n) is 30.9. The summed E-state index contributed by atoms with van der Waals surface area (Å²) in [6, 6.07) is 14.3. The van der Waals surface area contributed by atoms with Crippen LogP contribution in [0.15, 0.2) is 73.8 Å². The largest absolute Gasteiger partial charge is 0.465 e. The Labute approximate surface area is 390 Å². The van der Waals surface area contributed by atoms with E-state index in [1.54, 1.807) is 47.9 Å². The van der Waals surface area contributed by atoms with E-state index < -0.39 is 11.9 Å². The van der Waals surface area contributed by atoms with Crippen LogP contribution in [-0.2, 0) is 9.47 Å². The minimum atomic E-state index is -0.485. The van der Waals surface area contributed by atoms with Gasteiger partial charge in [0, 0.05) is 42.2 Å². The number of aromatic nitrogens is 4. The standard InChI is InChI=1S/C19H16BrCl2N3O2S.C12H10BrCl2NS.C7H7BrN2O2.CH4/c1-9(2)16-15(10-4-5-13(21)14(22)6-10)24-19(28-16)25-17-12(18(26)27-3)7-11(20)8-23-17;1-6(2)11-10(16-12(13)17-11)7-3-4-8(14)9(15)5-7;1-12-7(11)5-2-4(8)3-10-6(5)9;/h4-9H,1-3H3,(H,23,24,25);3-6H,1-2H3;2-3H,1H3,(H2,9,10);1H4. The third-order valence-corrected chi connectivity index (χ3v) is 12.9. The number of nitrogens with two attached hydrogens (primary N) is 1. The van der Waals surface area contributed by atoms with Crippen molar-refractivity contribution in [3.8, 4) is 22.5 Å². The number of benzene rings is 2. The number of esters is 2. The molecule has 19 heteroatoms. The number of anilines is 3. The Morgan fingerprint density at radius 2 is 1.16 bits per heavy atom. The number of nitrogens with zero attached hydrogens (tertiary/aromatic N) is 4. The van der Waals surface area contributed by atoms with Crippen molar-refractivity contribution in [1.29, 1.82) is 0 Å². The van der Waals surface area contributed by atoms with Gasteiger partial charge in [-0.2, -0.15) is 0 Å². The lowest BCUT2D eigenvalue weighted by Gasteiger charge is -2.07. The van der Waals surface area contributed by atoms with Crippen LogP contribution < -0.4 is 11.1 Å². The van der Waals surface area contributed by atoms with E-state index in [-0.39, 0.29) is 24.7 Å². The predicted molar refractivity (Wildman–Crippen MR) is 252 cm³/mol. The van der Waals surface area contributed by atoms with Gasteiger partial charge in [-0.1, -0.05) is 93.7 Å². The fraction of sp³-hybridized carbons (Fsp3) is 0.231. The van der Waals surface area contributed by atoms with Crippen LogP contribution >= 0.6 is 117 Å². The van der Waals surface area contributed by atoms with Crippen LogP contribution in [0.5, 0.6) is 0 Å². The van der Waals surface area contributed by atoms with Gasteiger partial charge in [0.15, 0.2) is 9.05 Å². The number of carbonyl (C=O) groups excluding carboxylic acids is 2. The molecule has 58 heavy (non-hydrogen) atoms. The molecular weight excluding hydrogens is 1060 g/mol. The molecule has 0 radical (unpaired) electrons. The van der Waals surface area contributed by atoms with E-state index in [9.17, 15) is 9.59 Å². The maximum Gasteiger partial charge on any atom is 0.341 e. The molecule has 6 aromatic rings. The van der Waals surface area contributed by atoms with Crippen molar-refractivity contribution in [3.05, 3.63) is 115 Å². The van der Waals surface area contributed by atoms with Crippen molar-refractivity contribution in [3.63, 3.8) is 0 Å². The second-order valence-corrected chi connectivity index (χ2v) is 19.0. The van der Waals surface area contributed by atoms with Crippen LogP contribution in [0.25, 0.3) is 22.5 Å². The number of hydrogen-bond donors (Lipinski definition) is 2. The van der Waals surface area contributed by atoms with Crippen LogP contribution in [0, 0.1) is 0 Å². The number of hydrogen-bond acceptors (Lipinski definition) is 12. The number of nitrogen functional groups attached to an aromatic ring is 1. The lowest BCUT2D eigenvalue weighted by atomic mass is 10.1. The van der Waals surface area contributed by atoms with Crippen molar-refractivity contribution in [2.24, 2.45) is 0 Å². The summed E-state index contributed by atoms with van der Waals surface area (Å²) in [6.07, 6.45) is 3.12. The van der Waals surface area contributed by atoms with Gasteiger partial charge in [0.25, 0.3) is 0 Å². The molecular formula is C39H37Br3Cl4N6O4S2. The molecule has 0 aliphatic rings. The lowest BCUT2D eigenvalue weighted by molar-refractivity contribution is 0.0592. The Balaban J connectivity index is 0.000000255. The first kappa shape index (κ1) is 49.5. The molecule has 4 heterocycles. The summed E-state index contributed by atoms with van der Waals surface area (Å²) >= 11 is 37.2. The number of methoxy groups -OCH3 is 2. The number of ether oxygens (including phenoxy) is 2. The third-order valence-electron chi connectivity index (χ3n) is 7.49. The number of carbonyl (C=O) groups is 2. The van der Waals surface area contributed by atoms with E-state index in [0.29, 0.717) is 51.5 Å². The number of pyridine rings is 2. The molecule has 10 nitrogen and oxygen atoms in total. The van der Waals surface area contributed by atoms with Gasteiger partial charge < -0.3 is 20.5 Å². The smallest absolute Gasteiger partial charge is 0.341 e. The summed E-state index contributed by atoms with van der Waals surface area (Å²) in [5, 5.41) is 5.85. The average Bonchev–Trinajstić information content (AvgIpc) is 3.79. The van der Waals surface area contributed by atoms with Crippen LogP contribution in [-0.4, -0.2) is 46.1 Å². The molecule has 2 aromatic carbocycles. The first-order chi connectivity index (χ1) is 26.9. The zero-order chi connectivity index (χ0) is 42.1. The molecule has 3 N–H and O–H groups in total. The molecule has 0 aliphatic carbocycles. The quantitative estimate of drug-likeness (QED) is 0.141. The molecule has 0 amide bonds. The van der Waals surface area contributed by atoms with Crippen molar-refractivity contribution in [1.82, 2.24) is 19.9 Å². The van der Waals surface area contributed by atoms with Gasteiger partial charge in [-0.3, -0.25) is 0 Å². The van der Waals surface area contributed by atoms with E-state index in [1.165, 1.54) is 36.6 Å². The average molecular weight is 1100 g/mol. The highest BCUT2D eigenvalue weighted by atomic mass is 79.9. The van der Waals surface area contributed by atoms with Crippen molar-refractivity contribution < 1.29 is 19.1 Å². The van der Waals surface area contributed by atoms with E-state index in [0.717, 1.165) is 31.3 Å². The Bertz CT molecular complexity index is 2400. The molecule has 0 atom stereocenters. The molecule has 0 spiro atoms. The minimum Gasteiger partial charge on any atom is -0.465 e. The highest BCUT2D eigenvalue weighted by molar-refractivity contribution is 9.11. The van der Waals surface area contributed by atoms with E-state index >= 15 is 0 Å². The Hall–Kier alpha value is -2.86. The summed E-state index contributed by atoms with van der Waals surface area (Å²) in [6.45, 7) is 8.49. The number of rotatable bonds is 8. The van der Waals surface area contributed by atoms with Gasteiger partial charge in [-0.15, -0.1) is 22.7 Å². The monoisotopic (exact) mass is 1090 g/mol. The summed E-state index contributed by atoms with van der Waals surface area (Å²) in [7, 11) is 2.62. The van der Waals surface area contributed by atoms with Crippen molar-refractivity contribution in [2.45, 2.75) is 47.0 Å².